The molecular formula is C26H27N5O3S. The molecule has 0 aliphatic heterocycles. The van der Waals surface area contributed by atoms with Gasteiger partial charge in [-0.2, -0.15) is 0 Å². The Kier molecular flexibility index (Phi) is 7.67. The van der Waals surface area contributed by atoms with E-state index in [1.165, 1.54) is 11.8 Å². The van der Waals surface area contributed by atoms with Crippen LogP contribution >= 0.6 is 11.8 Å². The number of nitrogens with one attached hydrogen (secondary N) is 2. The van der Waals surface area contributed by atoms with Crippen molar-refractivity contribution in [2.45, 2.75) is 24.5 Å². The summed E-state index contributed by atoms with van der Waals surface area (Å²) in [5.74, 6) is 1.31. The maximum Gasteiger partial charge on any atom is 0.234 e. The molecular weight excluding hydrogens is 462 g/mol. The van der Waals surface area contributed by atoms with Crippen LogP contribution in [0.25, 0.3) is 10.8 Å². The number of amides is 2. The van der Waals surface area contributed by atoms with E-state index in [0.717, 1.165) is 27.8 Å². The van der Waals surface area contributed by atoms with Gasteiger partial charge in [-0.05, 0) is 47.5 Å². The number of hydrogen-bond donors (Lipinski definition) is 2. The Morgan fingerprint density at radius 1 is 1.00 bits per heavy atom. The first-order valence-electron chi connectivity index (χ1n) is 11.2. The smallest absolute Gasteiger partial charge is 0.234 e. The highest BCUT2D eigenvalue weighted by Crippen LogP contribution is 2.22. The third-order valence-corrected chi connectivity index (χ3v) is 6.54. The van der Waals surface area contributed by atoms with Crippen molar-refractivity contribution in [1.29, 1.82) is 0 Å². The number of methoxy groups -OCH3 is 1. The molecule has 0 spiro atoms. The van der Waals surface area contributed by atoms with Crippen molar-refractivity contribution in [2.24, 2.45) is 7.05 Å². The molecule has 1 aromatic heterocycles. The molecule has 35 heavy (non-hydrogen) atoms. The maximum atomic E-state index is 12.5. The van der Waals surface area contributed by atoms with E-state index in [2.05, 4.69) is 20.8 Å². The number of anilines is 1. The lowest BCUT2D eigenvalue weighted by molar-refractivity contribution is -0.121. The highest BCUT2D eigenvalue weighted by molar-refractivity contribution is 7.99. The summed E-state index contributed by atoms with van der Waals surface area (Å²) in [6.45, 7) is 1.86. The van der Waals surface area contributed by atoms with Gasteiger partial charge in [0.15, 0.2) is 11.0 Å². The molecule has 2 amide bonds. The minimum atomic E-state index is -0.334. The summed E-state index contributed by atoms with van der Waals surface area (Å²) in [5.41, 5.74) is 1.64. The van der Waals surface area contributed by atoms with Crippen molar-refractivity contribution in [2.75, 3.05) is 18.2 Å². The van der Waals surface area contributed by atoms with E-state index in [1.54, 1.807) is 11.7 Å². The topological polar surface area (TPSA) is 98.1 Å². The molecule has 9 heteroatoms. The highest BCUT2D eigenvalue weighted by Gasteiger charge is 2.18. The summed E-state index contributed by atoms with van der Waals surface area (Å²) < 4.78 is 6.94. The highest BCUT2D eigenvalue weighted by atomic mass is 32.2. The Bertz CT molecular complexity index is 1340. The molecule has 4 aromatic rings. The Hall–Kier alpha value is -3.85. The van der Waals surface area contributed by atoms with Crippen LogP contribution in [0.4, 0.5) is 5.69 Å². The molecule has 4 rings (SSSR count). The number of aromatic nitrogens is 3. The third-order valence-electron chi connectivity index (χ3n) is 5.52. The Balaban J connectivity index is 1.30. The summed E-state index contributed by atoms with van der Waals surface area (Å²) in [5, 5.41) is 17.1. The zero-order chi connectivity index (χ0) is 24.8. The predicted octanol–water partition coefficient (Wildman–Crippen LogP) is 4.13. The molecule has 0 aliphatic carbocycles. The molecule has 1 atom stereocenters. The van der Waals surface area contributed by atoms with Gasteiger partial charge in [0.1, 0.15) is 5.75 Å². The fourth-order valence-electron chi connectivity index (χ4n) is 3.71. The van der Waals surface area contributed by atoms with Crippen LogP contribution in [0.5, 0.6) is 5.75 Å². The zero-order valence-electron chi connectivity index (χ0n) is 19.8. The van der Waals surface area contributed by atoms with Crippen molar-refractivity contribution in [1.82, 2.24) is 20.1 Å². The van der Waals surface area contributed by atoms with Gasteiger partial charge in [-0.3, -0.25) is 9.59 Å². The second kappa shape index (κ2) is 11.1. The third kappa shape index (κ3) is 6.19. The number of nitrogens with zero attached hydrogens (tertiary/aromatic N) is 3. The van der Waals surface area contributed by atoms with E-state index in [-0.39, 0.29) is 30.0 Å². The van der Waals surface area contributed by atoms with Crippen LogP contribution in [0.2, 0.25) is 0 Å². The number of thioether (sulfide) groups is 1. The Labute approximate surface area is 208 Å². The maximum absolute atomic E-state index is 12.5. The van der Waals surface area contributed by atoms with Gasteiger partial charge in [-0.15, -0.1) is 10.2 Å². The standard InChI is InChI=1S/C26H27N5O3S/c1-17(27-23(32)14-18-8-12-22(34-3)13-9-18)25-29-30-26(31(25)2)35-16-24(33)28-21-11-10-19-6-4-5-7-20(19)15-21/h4-13,15,17H,14,16H2,1-3H3,(H,27,32)(H,28,33)/t17-/m1/s1. The lowest BCUT2D eigenvalue weighted by atomic mass is 10.1. The van der Waals surface area contributed by atoms with E-state index in [9.17, 15) is 9.59 Å². The van der Waals surface area contributed by atoms with Crippen LogP contribution < -0.4 is 15.4 Å². The molecule has 0 fully saturated rings. The van der Waals surface area contributed by atoms with Gasteiger partial charge < -0.3 is 19.9 Å². The molecule has 8 nitrogen and oxygen atoms in total. The molecule has 2 N–H and O–H groups in total. The van der Waals surface area contributed by atoms with Crippen LogP contribution in [0, 0.1) is 0 Å². The molecule has 0 bridgehead atoms. The van der Waals surface area contributed by atoms with Crippen molar-refractivity contribution in [3.63, 3.8) is 0 Å². The quantitative estimate of drug-likeness (QED) is 0.343. The summed E-state index contributed by atoms with van der Waals surface area (Å²) >= 11 is 1.29. The second-order valence-electron chi connectivity index (χ2n) is 8.11. The van der Waals surface area contributed by atoms with Crippen molar-refractivity contribution < 1.29 is 14.3 Å². The van der Waals surface area contributed by atoms with E-state index in [0.29, 0.717) is 11.0 Å². The monoisotopic (exact) mass is 489 g/mol. The molecule has 0 saturated heterocycles. The largest absolute Gasteiger partial charge is 0.497 e. The normalized spacial score (nSPS) is 11.7. The first-order valence-corrected chi connectivity index (χ1v) is 12.1. The summed E-state index contributed by atoms with van der Waals surface area (Å²) in [6, 6.07) is 20.9. The summed E-state index contributed by atoms with van der Waals surface area (Å²) in [6.07, 6.45) is 0.253. The summed E-state index contributed by atoms with van der Waals surface area (Å²) in [7, 11) is 3.43. The number of rotatable bonds is 9. The fraction of sp³-hybridized carbons (Fsp3) is 0.231. The van der Waals surface area contributed by atoms with E-state index >= 15 is 0 Å². The van der Waals surface area contributed by atoms with Gasteiger partial charge in [-0.25, -0.2) is 0 Å². The number of benzene rings is 3. The zero-order valence-corrected chi connectivity index (χ0v) is 20.6. The molecule has 1 heterocycles. The van der Waals surface area contributed by atoms with Gasteiger partial charge in [-0.1, -0.05) is 54.2 Å². The molecule has 0 saturated carbocycles. The first kappa shape index (κ1) is 24.3. The van der Waals surface area contributed by atoms with Crippen LogP contribution in [0.15, 0.2) is 71.9 Å². The Morgan fingerprint density at radius 3 is 2.49 bits per heavy atom. The van der Waals surface area contributed by atoms with Gasteiger partial charge in [0.2, 0.25) is 11.8 Å². The second-order valence-corrected chi connectivity index (χ2v) is 9.06. The number of fused-ring (bicyclic) bond motifs is 1. The van der Waals surface area contributed by atoms with Gasteiger partial charge in [0.25, 0.3) is 0 Å². The lowest BCUT2D eigenvalue weighted by Gasteiger charge is -2.14. The number of carbonyl (C=O) groups is 2. The molecule has 0 unspecified atom stereocenters. The van der Waals surface area contributed by atoms with Crippen molar-refractivity contribution >= 4 is 40.0 Å². The van der Waals surface area contributed by atoms with E-state index in [1.807, 2.05) is 80.7 Å². The molecule has 0 aliphatic rings. The SMILES string of the molecule is COc1ccc(CC(=O)N[C@H](C)c2nnc(SCC(=O)Nc3ccc4ccccc4c3)n2C)cc1. The van der Waals surface area contributed by atoms with Gasteiger partial charge >= 0.3 is 0 Å². The molecule has 180 valence electrons. The van der Waals surface area contributed by atoms with Crippen molar-refractivity contribution in [3.8, 4) is 5.75 Å². The fourth-order valence-corrected chi connectivity index (χ4v) is 4.43. The van der Waals surface area contributed by atoms with Crippen LogP contribution in [-0.4, -0.2) is 39.4 Å². The van der Waals surface area contributed by atoms with Crippen LogP contribution in [0.1, 0.15) is 24.4 Å². The number of ether oxygens (including phenoxy) is 1. The molecule has 0 radical (unpaired) electrons. The van der Waals surface area contributed by atoms with E-state index in [4.69, 9.17) is 4.74 Å². The van der Waals surface area contributed by atoms with Gasteiger partial charge in [0, 0.05) is 12.7 Å². The van der Waals surface area contributed by atoms with Crippen LogP contribution in [-0.2, 0) is 23.1 Å². The minimum absolute atomic E-state index is 0.116. The first-order chi connectivity index (χ1) is 16.9. The van der Waals surface area contributed by atoms with E-state index < -0.39 is 0 Å². The predicted molar refractivity (Wildman–Crippen MR) is 138 cm³/mol. The van der Waals surface area contributed by atoms with Crippen LogP contribution in [0.3, 0.4) is 0 Å². The Morgan fingerprint density at radius 2 is 1.74 bits per heavy atom. The number of hydrogen-bond acceptors (Lipinski definition) is 6. The summed E-state index contributed by atoms with van der Waals surface area (Å²) in [4.78, 5) is 25.0. The average Bonchev–Trinajstić information content (AvgIpc) is 3.23. The average molecular weight is 490 g/mol. The number of carbonyl (C=O) groups excluding carboxylic acids is 2. The lowest BCUT2D eigenvalue weighted by Crippen LogP contribution is -2.29. The van der Waals surface area contributed by atoms with Gasteiger partial charge in [0.05, 0.1) is 25.3 Å². The minimum Gasteiger partial charge on any atom is -0.497 e. The molecule has 3 aromatic carbocycles. The van der Waals surface area contributed by atoms with Crippen molar-refractivity contribution in [3.05, 3.63) is 78.1 Å².